The zero-order valence-corrected chi connectivity index (χ0v) is 80.5. The molecule has 0 aliphatic carbocycles. The first-order valence-corrected chi connectivity index (χ1v) is 46.8. The maximum atomic E-state index is 12.7. The predicted molar refractivity (Wildman–Crippen MR) is 520 cm³/mol. The van der Waals surface area contributed by atoms with Crippen molar-refractivity contribution in [3.05, 3.63) is 317 Å². The van der Waals surface area contributed by atoms with E-state index in [1.54, 1.807) is 32.9 Å². The minimum absolute atomic E-state index is 0.0127. The van der Waals surface area contributed by atoms with Crippen molar-refractivity contribution >= 4 is 45.5 Å². The normalized spacial score (nSPS) is 10.9. The van der Waals surface area contributed by atoms with E-state index in [0.717, 1.165) is 81.6 Å². The molecule has 0 atom stereocenters. The monoisotopic (exact) mass is 1780 g/mol. The van der Waals surface area contributed by atoms with Crippen molar-refractivity contribution in [2.45, 2.75) is 211 Å². The number of methoxy groups -OCH3 is 1. The Morgan fingerprint density at radius 2 is 0.586 bits per heavy atom. The number of alkyl halides is 3. The molecule has 698 valence electrons. The van der Waals surface area contributed by atoms with Gasteiger partial charge in [0.15, 0.2) is 6.67 Å². The number of nitrogens with one attached hydrogen (secondary N) is 2. The van der Waals surface area contributed by atoms with E-state index < -0.39 is 34.9 Å². The number of carbonyl (C=O) groups excluding carboxylic acids is 6. The van der Waals surface area contributed by atoms with Crippen molar-refractivity contribution in [1.82, 2.24) is 44.3 Å². The second-order valence-electron chi connectivity index (χ2n) is 33.4. The largest absolute Gasteiger partial charge is 0.497 e. The lowest BCUT2D eigenvalue weighted by Crippen LogP contribution is -2.43. The van der Waals surface area contributed by atoms with E-state index in [9.17, 15) is 50.4 Å². The minimum Gasteiger partial charge on any atom is -0.497 e. The zero-order chi connectivity index (χ0) is 94.9. The minimum atomic E-state index is -3.10. The second-order valence-corrected chi connectivity index (χ2v) is 35.4. The van der Waals surface area contributed by atoms with Gasteiger partial charge >= 0.3 is 6.43 Å². The van der Waals surface area contributed by atoms with Crippen LogP contribution in [0.1, 0.15) is 166 Å². The number of sulfonamides is 1. The molecule has 0 saturated carbocycles. The van der Waals surface area contributed by atoms with Gasteiger partial charge < -0.3 is 44.8 Å². The molecule has 0 spiro atoms. The molecule has 0 aliphatic rings. The van der Waals surface area contributed by atoms with Gasteiger partial charge in [0.05, 0.1) is 26.5 Å². The van der Waals surface area contributed by atoms with Crippen LogP contribution in [0.15, 0.2) is 267 Å². The van der Waals surface area contributed by atoms with Gasteiger partial charge in [0.2, 0.25) is 27.7 Å². The molecule has 0 radical (unpaired) electrons. The molecule has 0 unspecified atom stereocenters. The van der Waals surface area contributed by atoms with E-state index in [1.807, 2.05) is 281 Å². The molecule has 2 N–H and O–H groups in total. The van der Waals surface area contributed by atoms with Gasteiger partial charge in [-0.15, -0.1) is 0 Å². The summed E-state index contributed by atoms with van der Waals surface area (Å²) >= 11 is 0. The van der Waals surface area contributed by atoms with Crippen LogP contribution in [0.3, 0.4) is 0 Å². The summed E-state index contributed by atoms with van der Waals surface area (Å²) in [5.41, 5.74) is 10.3. The van der Waals surface area contributed by atoms with Crippen LogP contribution in [0.2, 0.25) is 0 Å². The smallest absolute Gasteiger partial charge is 0.315 e. The van der Waals surface area contributed by atoms with Crippen LogP contribution in [0, 0.1) is 5.92 Å². The molecule has 9 rings (SSSR count). The summed E-state index contributed by atoms with van der Waals surface area (Å²) < 4.78 is 66.8. The molecule has 9 aromatic rings. The number of halogens is 3. The van der Waals surface area contributed by atoms with Crippen LogP contribution in [-0.2, 0) is 85.5 Å². The highest BCUT2D eigenvalue weighted by Crippen LogP contribution is 2.19. The summed E-state index contributed by atoms with van der Waals surface area (Å²) in [7, 11) is 0.320. The highest BCUT2D eigenvalue weighted by molar-refractivity contribution is 7.88. The predicted octanol–water partition coefficient (Wildman–Crippen LogP) is 18.9. The lowest BCUT2D eigenvalue weighted by Gasteiger charge is -2.28. The third-order valence-corrected chi connectivity index (χ3v) is 22.3. The Morgan fingerprint density at radius 3 is 0.836 bits per heavy atom. The fourth-order valence-electron chi connectivity index (χ4n) is 13.6. The first-order valence-electron chi connectivity index (χ1n) is 44.9. The molecule has 128 heavy (non-hydrogen) atoms. The first kappa shape index (κ1) is 111. The lowest BCUT2D eigenvalue weighted by molar-refractivity contribution is -0.144. The SMILES string of the molecule is CC(C)C(=O)N(CCc1ccccc1)C(C)C.CC(C)N(CCc1ccccc1)C(=O)C(F)F.CC(C)N(CCc1ccccc1)C(=O)CF.CC(C)N(CCc1ccccc1)C(=O)CNCc1ccccc1.CC(C)N(CCc1ccccc1)S(C)(=O)=O.CNCC(=O)N(CCc1ccccc1)C(C)C.COc1ccc(C(=O)N(CCc2ccccc2)C(C)C)cc1. The van der Waals surface area contributed by atoms with Crippen LogP contribution in [-0.4, -0.2) is 212 Å². The summed E-state index contributed by atoms with van der Waals surface area (Å²) in [6.07, 6.45) is 4.05. The van der Waals surface area contributed by atoms with Crippen molar-refractivity contribution in [3.8, 4) is 5.75 Å². The van der Waals surface area contributed by atoms with Crippen molar-refractivity contribution in [2.24, 2.45) is 5.92 Å². The van der Waals surface area contributed by atoms with Gasteiger partial charge in [-0.2, -0.15) is 13.1 Å². The number of hydrogen-bond donors (Lipinski definition) is 2. The van der Waals surface area contributed by atoms with Crippen molar-refractivity contribution in [1.29, 1.82) is 0 Å². The van der Waals surface area contributed by atoms with Crippen molar-refractivity contribution < 1.29 is 55.1 Å². The van der Waals surface area contributed by atoms with Gasteiger partial charge in [0, 0.05) is 106 Å². The quantitative estimate of drug-likeness (QED) is 0.0371. The molecule has 0 saturated heterocycles. The maximum absolute atomic E-state index is 12.7. The fourth-order valence-corrected chi connectivity index (χ4v) is 14.8. The molecular formula is C106H148F3N9O9S. The average molecular weight is 1780 g/mol. The van der Waals surface area contributed by atoms with E-state index >= 15 is 0 Å². The highest BCUT2D eigenvalue weighted by atomic mass is 32.2. The molecule has 18 nitrogen and oxygen atoms in total. The number of rotatable bonds is 40. The number of benzene rings is 9. The van der Waals surface area contributed by atoms with Crippen LogP contribution in [0.25, 0.3) is 0 Å². The van der Waals surface area contributed by atoms with Crippen LogP contribution >= 0.6 is 0 Å². The first-order chi connectivity index (χ1) is 61.0. The number of likely N-dealkylation sites (N-methyl/N-ethyl adjacent to an activating group) is 1. The Morgan fingerprint density at radius 1 is 0.328 bits per heavy atom. The number of carbonyl (C=O) groups is 6. The van der Waals surface area contributed by atoms with Gasteiger partial charge in [-0.05, 0) is 218 Å². The summed E-state index contributed by atoms with van der Waals surface area (Å²) in [6.45, 7) is 36.6. The molecule has 6 amide bonds. The van der Waals surface area contributed by atoms with E-state index in [1.165, 1.54) is 48.8 Å². The number of amides is 6. The van der Waals surface area contributed by atoms with E-state index in [4.69, 9.17) is 4.74 Å². The number of ether oxygens (including phenoxy) is 1. The summed E-state index contributed by atoms with van der Waals surface area (Å²) in [6, 6.07) is 88.7. The van der Waals surface area contributed by atoms with Gasteiger partial charge in [-0.1, -0.05) is 257 Å². The van der Waals surface area contributed by atoms with Crippen molar-refractivity contribution in [2.75, 3.05) is 86.0 Å². The van der Waals surface area contributed by atoms with Crippen LogP contribution in [0.5, 0.6) is 5.75 Å². The van der Waals surface area contributed by atoms with E-state index in [-0.39, 0.29) is 71.8 Å². The maximum Gasteiger partial charge on any atom is 0.315 e. The summed E-state index contributed by atoms with van der Waals surface area (Å²) in [4.78, 5) is 82.2. The average Bonchev–Trinajstić information content (AvgIpc) is 0.845. The van der Waals surface area contributed by atoms with Gasteiger partial charge in [0.1, 0.15) is 5.75 Å². The molecule has 0 aromatic heterocycles. The number of nitrogens with zero attached hydrogens (tertiary/aromatic N) is 7. The molecule has 0 bridgehead atoms. The fraction of sp³-hybridized carbons (Fsp3) is 0.434. The number of hydrogen-bond acceptors (Lipinski definition) is 11. The topological polar surface area (TPSA) is 193 Å². The third kappa shape index (κ3) is 45.8. The van der Waals surface area contributed by atoms with Gasteiger partial charge in [-0.3, -0.25) is 28.8 Å². The van der Waals surface area contributed by atoms with Gasteiger partial charge in [0.25, 0.3) is 17.7 Å². The molecule has 0 fully saturated rings. The third-order valence-electron chi connectivity index (χ3n) is 20.8. The second kappa shape index (κ2) is 63.2. The van der Waals surface area contributed by atoms with Crippen LogP contribution in [0.4, 0.5) is 13.2 Å². The highest BCUT2D eigenvalue weighted by Gasteiger charge is 2.27. The van der Waals surface area contributed by atoms with E-state index in [2.05, 4.69) is 113 Å². The standard InChI is InChI=1S/C20H26N2O.C19H23NO2.C15H23NO.C14H22N2O.C13H17F2NO.C13H18FNO.C12H19NO2S/c1-17(2)22(14-13-18-9-5-3-6-10-18)20(23)16-21-15-19-11-7-4-8-12-19;1-15(2)20(14-13-16-7-5-4-6-8-16)19(21)17-9-11-18(22-3)12-10-17;1-12(2)15(17)16(13(3)4)11-10-14-8-6-5-7-9-14;1-12(2)16(14(17)11-15-3)10-9-13-7-5-4-6-8-13;1-10(2)16(13(17)12(14)15)9-8-11-6-4-3-5-7-11;1-11(2)15(13(16)10-14)9-8-12-6-4-3-5-7-12;1-11(2)13(16(3,14)15)10-9-12-7-5-4-6-8-12/h3-12,17,21H,13-16H2,1-2H3;4-12,15H,13-14H2,1-3H3;5-9,12-13H,10-11H2,1-4H3;4-8,12,15H,9-11H2,1-3H3;3-7,10,12H,8-9H2,1-2H3;3-7,11H,8-10H2,1-2H3;4-8,11H,9-10H2,1-3H3. The van der Waals surface area contributed by atoms with Crippen LogP contribution < -0.4 is 15.4 Å². The molecular weight excluding hydrogens is 1630 g/mol. The van der Waals surface area contributed by atoms with Crippen molar-refractivity contribution in [3.63, 3.8) is 0 Å². The molecule has 22 heteroatoms. The Balaban J connectivity index is 0.000000387. The molecule has 0 aliphatic heterocycles. The van der Waals surface area contributed by atoms with E-state index in [0.29, 0.717) is 51.3 Å². The Labute approximate surface area is 766 Å². The lowest BCUT2D eigenvalue weighted by atomic mass is 10.1. The summed E-state index contributed by atoms with van der Waals surface area (Å²) in [5, 5.41) is 6.15. The Hall–Kier alpha value is -10.8. The zero-order valence-electron chi connectivity index (χ0n) is 79.7. The molecule has 0 heterocycles. The van der Waals surface area contributed by atoms with Gasteiger partial charge in [-0.25, -0.2) is 12.8 Å². The Kier molecular flexibility index (Phi) is 55.0. The Bertz CT molecular complexity index is 4500. The summed E-state index contributed by atoms with van der Waals surface area (Å²) in [5.74, 6) is -0.0400. The molecule has 9 aromatic carbocycles.